The van der Waals surface area contributed by atoms with Crippen LogP contribution in [-0.2, 0) is 18.9 Å². The van der Waals surface area contributed by atoms with E-state index in [1.165, 1.54) is 0 Å². The zero-order valence-electron chi connectivity index (χ0n) is 14.4. The molecular formula is C18H28O6. The Morgan fingerprint density at radius 2 is 1.21 bits per heavy atom. The summed E-state index contributed by atoms with van der Waals surface area (Å²) in [6, 6.07) is 0. The van der Waals surface area contributed by atoms with Gasteiger partial charge in [-0.1, -0.05) is 26.0 Å². The molecule has 0 aromatic carbocycles. The maximum Gasteiger partial charge on any atom is 0.123 e. The van der Waals surface area contributed by atoms with Crippen LogP contribution in [0.2, 0.25) is 0 Å². The molecule has 4 heterocycles. The van der Waals surface area contributed by atoms with Crippen LogP contribution in [0.4, 0.5) is 0 Å². The second kappa shape index (κ2) is 6.04. The molecule has 4 fully saturated rings. The van der Waals surface area contributed by atoms with Gasteiger partial charge in [-0.2, -0.15) is 0 Å². The van der Waals surface area contributed by atoms with Crippen LogP contribution in [0.25, 0.3) is 0 Å². The molecule has 136 valence electrons. The van der Waals surface area contributed by atoms with Gasteiger partial charge in [-0.3, -0.25) is 0 Å². The normalized spacial score (nSPS) is 53.8. The lowest BCUT2D eigenvalue weighted by molar-refractivity contribution is -0.139. The van der Waals surface area contributed by atoms with E-state index in [9.17, 15) is 10.2 Å². The number of hydrogen-bond acceptors (Lipinski definition) is 6. The molecule has 4 aliphatic rings. The van der Waals surface area contributed by atoms with Crippen molar-refractivity contribution in [2.24, 2.45) is 0 Å². The molecule has 4 rings (SSSR count). The number of ether oxygens (including phenoxy) is 4. The Hall–Kier alpha value is -0.500. The van der Waals surface area contributed by atoms with Gasteiger partial charge in [0.2, 0.25) is 0 Å². The third kappa shape index (κ3) is 2.83. The molecular weight excluding hydrogens is 312 g/mol. The summed E-state index contributed by atoms with van der Waals surface area (Å²) in [6.07, 6.45) is 4.89. The van der Waals surface area contributed by atoms with Gasteiger partial charge in [-0.25, -0.2) is 0 Å². The Morgan fingerprint density at radius 1 is 0.833 bits per heavy atom. The number of rotatable bonds is 4. The van der Waals surface area contributed by atoms with Crippen LogP contribution in [0.3, 0.4) is 0 Å². The Morgan fingerprint density at radius 3 is 1.50 bits per heavy atom. The first-order valence-corrected chi connectivity index (χ1v) is 9.15. The maximum absolute atomic E-state index is 10.6. The van der Waals surface area contributed by atoms with Gasteiger partial charge >= 0.3 is 0 Å². The first-order chi connectivity index (χ1) is 11.5. The van der Waals surface area contributed by atoms with E-state index in [1.54, 1.807) is 0 Å². The molecule has 0 saturated carbocycles. The average Bonchev–Trinajstić information content (AvgIpc) is 3.50. The van der Waals surface area contributed by atoms with E-state index in [0.717, 1.165) is 25.7 Å². The highest BCUT2D eigenvalue weighted by Gasteiger charge is 2.59. The maximum atomic E-state index is 10.6. The van der Waals surface area contributed by atoms with Gasteiger partial charge in [0, 0.05) is 12.8 Å². The number of epoxide rings is 2. The van der Waals surface area contributed by atoms with Gasteiger partial charge in [-0.15, -0.1) is 0 Å². The molecule has 3 unspecified atom stereocenters. The summed E-state index contributed by atoms with van der Waals surface area (Å²) in [5.41, 5.74) is -0.875. The van der Waals surface area contributed by atoms with E-state index in [1.807, 2.05) is 12.2 Å². The molecule has 0 aromatic rings. The highest BCUT2D eigenvalue weighted by molar-refractivity contribution is 5.15. The van der Waals surface area contributed by atoms with Crippen molar-refractivity contribution in [2.45, 2.75) is 87.4 Å². The predicted molar refractivity (Wildman–Crippen MR) is 85.7 cm³/mol. The lowest BCUT2D eigenvalue weighted by atomic mass is 9.86. The lowest BCUT2D eigenvalue weighted by Crippen LogP contribution is -2.51. The monoisotopic (exact) mass is 340 g/mol. The topological polar surface area (TPSA) is 84.0 Å². The highest BCUT2D eigenvalue weighted by atomic mass is 16.6. The van der Waals surface area contributed by atoms with Gasteiger partial charge < -0.3 is 29.2 Å². The third-order valence-electron chi connectivity index (χ3n) is 5.98. The number of hydrogen-bond donors (Lipinski definition) is 2. The van der Waals surface area contributed by atoms with E-state index in [0.29, 0.717) is 13.2 Å². The fourth-order valence-electron chi connectivity index (χ4n) is 4.06. The van der Waals surface area contributed by atoms with Crippen LogP contribution < -0.4 is 0 Å². The predicted octanol–water partition coefficient (Wildman–Crippen LogP) is 0.937. The molecule has 8 atom stereocenters. The van der Waals surface area contributed by atoms with E-state index >= 15 is 0 Å². The minimum Gasteiger partial charge on any atom is -0.387 e. The molecule has 24 heavy (non-hydrogen) atoms. The molecule has 0 amide bonds. The Kier molecular flexibility index (Phi) is 4.26. The van der Waals surface area contributed by atoms with Crippen molar-refractivity contribution >= 4 is 0 Å². The van der Waals surface area contributed by atoms with E-state index < -0.39 is 35.6 Å². The van der Waals surface area contributed by atoms with E-state index in [2.05, 4.69) is 13.8 Å². The molecule has 2 N–H and O–H groups in total. The minimum atomic E-state index is -0.676. The highest BCUT2D eigenvalue weighted by Crippen LogP contribution is 2.45. The molecule has 0 radical (unpaired) electrons. The third-order valence-corrected chi connectivity index (χ3v) is 5.98. The molecule has 0 aromatic heterocycles. The van der Waals surface area contributed by atoms with E-state index in [-0.39, 0.29) is 12.2 Å². The second-order valence-corrected chi connectivity index (χ2v) is 7.65. The first-order valence-electron chi connectivity index (χ1n) is 9.15. The smallest absolute Gasteiger partial charge is 0.123 e. The minimum absolute atomic E-state index is 0.0873. The van der Waals surface area contributed by atoms with Crippen molar-refractivity contribution < 1.29 is 29.2 Å². The average molecular weight is 340 g/mol. The molecule has 0 aliphatic carbocycles. The first kappa shape index (κ1) is 16.9. The summed E-state index contributed by atoms with van der Waals surface area (Å²) in [5.74, 6) is 0. The van der Waals surface area contributed by atoms with Crippen LogP contribution >= 0.6 is 0 Å². The van der Waals surface area contributed by atoms with Crippen LogP contribution in [0.15, 0.2) is 12.2 Å². The zero-order valence-corrected chi connectivity index (χ0v) is 14.4. The quantitative estimate of drug-likeness (QED) is 0.585. The van der Waals surface area contributed by atoms with Crippen molar-refractivity contribution in [2.75, 3.05) is 13.2 Å². The van der Waals surface area contributed by atoms with Crippen molar-refractivity contribution in [3.8, 4) is 0 Å². The van der Waals surface area contributed by atoms with Gasteiger partial charge in [-0.05, 0) is 12.8 Å². The Balaban J connectivity index is 1.47. The number of aliphatic hydroxyl groups is 2. The molecule has 0 bridgehead atoms. The molecule has 6 heteroatoms. The van der Waals surface area contributed by atoms with Crippen molar-refractivity contribution in [1.82, 2.24) is 0 Å². The summed E-state index contributed by atoms with van der Waals surface area (Å²) in [5, 5.41) is 21.1. The fraction of sp³-hybridized carbons (Fsp3) is 0.889. The van der Waals surface area contributed by atoms with Crippen LogP contribution in [0, 0.1) is 0 Å². The van der Waals surface area contributed by atoms with Gasteiger partial charge in [0.15, 0.2) is 0 Å². The second-order valence-electron chi connectivity index (χ2n) is 7.65. The fourth-order valence-corrected chi connectivity index (χ4v) is 4.06. The lowest BCUT2D eigenvalue weighted by Gasteiger charge is -2.38. The molecule has 2 spiro atoms. The zero-order chi connectivity index (χ0) is 16.9. The van der Waals surface area contributed by atoms with E-state index in [4.69, 9.17) is 18.9 Å². The molecule has 6 nitrogen and oxygen atoms in total. The largest absolute Gasteiger partial charge is 0.387 e. The van der Waals surface area contributed by atoms with Crippen LogP contribution in [0.5, 0.6) is 0 Å². The van der Waals surface area contributed by atoms with Crippen LogP contribution in [-0.4, -0.2) is 71.3 Å². The van der Waals surface area contributed by atoms with Gasteiger partial charge in [0.1, 0.15) is 35.6 Å². The number of aliphatic hydroxyl groups excluding tert-OH is 2. The van der Waals surface area contributed by atoms with Gasteiger partial charge in [0.05, 0.1) is 25.4 Å². The Labute approximate surface area is 142 Å². The standard InChI is InChI=1S/C18H28O6/c1-3-11-7-17(9-21-17)15(19)13(23-11)5-6-14-16(20)18(10-22-18)8-12(4-2)24-14/h5-6,11-16,19-20H,3-4,7-10H2,1-2H3/b6-5+/t11-,12-,13+,14?,15+,16+,17?,18?/m1/s1. The summed E-state index contributed by atoms with van der Waals surface area (Å²) in [6.45, 7) is 5.34. The molecule has 4 aliphatic heterocycles. The Bertz CT molecular complexity index is 454. The van der Waals surface area contributed by atoms with Crippen molar-refractivity contribution in [1.29, 1.82) is 0 Å². The van der Waals surface area contributed by atoms with Gasteiger partial charge in [0.25, 0.3) is 0 Å². The summed E-state index contributed by atoms with van der Waals surface area (Å²) < 4.78 is 23.0. The summed E-state index contributed by atoms with van der Waals surface area (Å²) >= 11 is 0. The SMILES string of the molecule is CC[C@@H]1CC2(CO2)[C@@H](O)C(/C=C/[C@@H]2O[C@H](CC)CC3(CO3)[C@H]2O)O1. The van der Waals surface area contributed by atoms with Crippen molar-refractivity contribution in [3.63, 3.8) is 0 Å². The van der Waals surface area contributed by atoms with Crippen molar-refractivity contribution in [3.05, 3.63) is 12.2 Å². The van der Waals surface area contributed by atoms with Crippen LogP contribution in [0.1, 0.15) is 39.5 Å². The summed E-state index contributed by atoms with van der Waals surface area (Å²) in [4.78, 5) is 0. The summed E-state index contributed by atoms with van der Waals surface area (Å²) in [7, 11) is 0. The molecule has 4 saturated heterocycles.